The van der Waals surface area contributed by atoms with Gasteiger partial charge in [-0.15, -0.1) is 0 Å². The third-order valence-corrected chi connectivity index (χ3v) is 3.10. The fourth-order valence-electron chi connectivity index (χ4n) is 1.52. The summed E-state index contributed by atoms with van der Waals surface area (Å²) in [6.07, 6.45) is 0.793. The number of carbonyl (C=O) groups excluding carboxylic acids is 1. The van der Waals surface area contributed by atoms with Crippen LogP contribution in [0.2, 0.25) is 0 Å². The summed E-state index contributed by atoms with van der Waals surface area (Å²) in [6.45, 7) is 3.90. The molecule has 0 aliphatic heterocycles. The Labute approximate surface area is 117 Å². The van der Waals surface area contributed by atoms with Crippen molar-refractivity contribution in [1.82, 2.24) is 5.32 Å². The first-order chi connectivity index (χ1) is 7.90. The van der Waals surface area contributed by atoms with Crippen molar-refractivity contribution in [1.29, 1.82) is 0 Å². The number of alkyl halides is 1. The highest BCUT2D eigenvalue weighted by Gasteiger charge is 2.15. The lowest BCUT2D eigenvalue weighted by Crippen LogP contribution is -2.34. The molecule has 0 aliphatic rings. The largest absolute Gasteiger partial charge is 0.349 e. The molecule has 0 saturated heterocycles. The zero-order valence-corrected chi connectivity index (χ0v) is 12.8. The first kappa shape index (κ1) is 14.6. The monoisotopic (exact) mass is 365 g/mol. The van der Waals surface area contributed by atoms with Crippen molar-refractivity contribution in [2.45, 2.75) is 31.1 Å². The summed E-state index contributed by atoms with van der Waals surface area (Å²) < 4.78 is 14.1. The lowest BCUT2D eigenvalue weighted by atomic mass is 10.1. The first-order valence-corrected chi connectivity index (χ1v) is 7.01. The minimum atomic E-state index is -0.509. The maximum absolute atomic E-state index is 13.4. The standard InChI is InChI=1S/C12H14Br2FNO/c1-7(13)5-8(2)16-12(17)10-6-9(14)3-4-11(10)15/h3-4,6-8H,5H2,1-2H3,(H,16,17). The van der Waals surface area contributed by atoms with Crippen molar-refractivity contribution in [3.8, 4) is 0 Å². The van der Waals surface area contributed by atoms with Gasteiger partial charge in [0.15, 0.2) is 0 Å². The molecule has 0 heterocycles. The number of amides is 1. The molecule has 1 amide bonds. The van der Waals surface area contributed by atoms with Gasteiger partial charge in [-0.1, -0.05) is 38.8 Å². The molecule has 1 N–H and O–H groups in total. The summed E-state index contributed by atoms with van der Waals surface area (Å²) >= 11 is 6.63. The van der Waals surface area contributed by atoms with Crippen LogP contribution >= 0.6 is 31.9 Å². The average molecular weight is 367 g/mol. The Morgan fingerprint density at radius 1 is 1.47 bits per heavy atom. The number of halogens is 3. The van der Waals surface area contributed by atoms with Crippen molar-refractivity contribution in [3.05, 3.63) is 34.1 Å². The number of hydrogen-bond acceptors (Lipinski definition) is 1. The molecule has 0 saturated carbocycles. The van der Waals surface area contributed by atoms with E-state index in [1.165, 1.54) is 12.1 Å². The van der Waals surface area contributed by atoms with Crippen LogP contribution in [0.1, 0.15) is 30.6 Å². The molecular formula is C12H14Br2FNO. The van der Waals surface area contributed by atoms with E-state index in [2.05, 4.69) is 37.2 Å². The first-order valence-electron chi connectivity index (χ1n) is 5.30. The molecule has 17 heavy (non-hydrogen) atoms. The molecule has 2 nitrogen and oxygen atoms in total. The predicted molar refractivity (Wildman–Crippen MR) is 74.0 cm³/mol. The number of benzene rings is 1. The van der Waals surface area contributed by atoms with E-state index in [0.29, 0.717) is 9.30 Å². The third-order valence-electron chi connectivity index (χ3n) is 2.23. The maximum Gasteiger partial charge on any atom is 0.254 e. The second kappa shape index (κ2) is 6.50. The van der Waals surface area contributed by atoms with E-state index in [-0.39, 0.29) is 17.5 Å². The van der Waals surface area contributed by atoms with Crippen LogP contribution in [0.15, 0.2) is 22.7 Å². The van der Waals surface area contributed by atoms with Gasteiger partial charge in [0.25, 0.3) is 5.91 Å². The Hall–Kier alpha value is -0.420. The van der Waals surface area contributed by atoms with Crippen LogP contribution in [0.3, 0.4) is 0 Å². The van der Waals surface area contributed by atoms with Crippen LogP contribution in [0.4, 0.5) is 4.39 Å². The summed E-state index contributed by atoms with van der Waals surface area (Å²) in [5.74, 6) is -0.894. The fourth-order valence-corrected chi connectivity index (χ4v) is 2.44. The SMILES string of the molecule is CC(Br)CC(C)NC(=O)c1cc(Br)ccc1F. The Morgan fingerprint density at radius 2 is 2.12 bits per heavy atom. The molecule has 94 valence electrons. The smallest absolute Gasteiger partial charge is 0.254 e. The van der Waals surface area contributed by atoms with Crippen molar-refractivity contribution >= 4 is 37.8 Å². The van der Waals surface area contributed by atoms with E-state index < -0.39 is 5.82 Å². The molecule has 2 atom stereocenters. The van der Waals surface area contributed by atoms with E-state index in [1.807, 2.05) is 13.8 Å². The zero-order valence-electron chi connectivity index (χ0n) is 9.64. The van der Waals surface area contributed by atoms with Gasteiger partial charge in [0.05, 0.1) is 5.56 Å². The van der Waals surface area contributed by atoms with Crippen LogP contribution in [0, 0.1) is 5.82 Å². The van der Waals surface area contributed by atoms with Gasteiger partial charge in [-0.2, -0.15) is 0 Å². The van der Waals surface area contributed by atoms with Crippen LogP contribution < -0.4 is 5.32 Å². The number of nitrogens with one attached hydrogen (secondary N) is 1. The van der Waals surface area contributed by atoms with Crippen LogP contribution in [-0.2, 0) is 0 Å². The molecule has 5 heteroatoms. The van der Waals surface area contributed by atoms with Gasteiger partial charge < -0.3 is 5.32 Å². The molecule has 0 fully saturated rings. The lowest BCUT2D eigenvalue weighted by molar-refractivity contribution is 0.0934. The second-order valence-electron chi connectivity index (χ2n) is 4.02. The predicted octanol–water partition coefficient (Wildman–Crippen LogP) is 3.88. The fraction of sp³-hybridized carbons (Fsp3) is 0.417. The highest BCUT2D eigenvalue weighted by Crippen LogP contribution is 2.16. The van der Waals surface area contributed by atoms with E-state index in [9.17, 15) is 9.18 Å². The van der Waals surface area contributed by atoms with E-state index in [4.69, 9.17) is 0 Å². The Kier molecular flexibility index (Phi) is 5.59. The molecule has 0 aliphatic carbocycles. The lowest BCUT2D eigenvalue weighted by Gasteiger charge is -2.15. The van der Waals surface area contributed by atoms with Crippen LogP contribution in [-0.4, -0.2) is 16.8 Å². The third kappa shape index (κ3) is 4.76. The number of hydrogen-bond donors (Lipinski definition) is 1. The minimum Gasteiger partial charge on any atom is -0.349 e. The summed E-state index contributed by atoms with van der Waals surface area (Å²) in [5.41, 5.74) is 0.0634. The number of carbonyl (C=O) groups is 1. The Bertz CT molecular complexity index is 409. The molecule has 1 rings (SSSR count). The van der Waals surface area contributed by atoms with Gasteiger partial charge >= 0.3 is 0 Å². The highest BCUT2D eigenvalue weighted by molar-refractivity contribution is 9.10. The van der Waals surface area contributed by atoms with Gasteiger partial charge in [-0.25, -0.2) is 4.39 Å². The summed E-state index contributed by atoms with van der Waals surface area (Å²) in [6, 6.07) is 4.32. The average Bonchev–Trinajstić information content (AvgIpc) is 2.20. The normalized spacial score (nSPS) is 14.2. The Balaban J connectivity index is 2.73. The quantitative estimate of drug-likeness (QED) is 0.805. The van der Waals surface area contributed by atoms with E-state index in [0.717, 1.165) is 6.42 Å². The Morgan fingerprint density at radius 3 is 2.71 bits per heavy atom. The van der Waals surface area contributed by atoms with Gasteiger partial charge in [-0.05, 0) is 31.5 Å². The van der Waals surface area contributed by atoms with Gasteiger partial charge in [-0.3, -0.25) is 4.79 Å². The molecule has 0 spiro atoms. The molecule has 0 radical (unpaired) electrons. The van der Waals surface area contributed by atoms with Crippen molar-refractivity contribution in [2.24, 2.45) is 0 Å². The maximum atomic E-state index is 13.4. The summed E-state index contributed by atoms with van der Waals surface area (Å²) in [5, 5.41) is 2.77. The molecule has 1 aromatic carbocycles. The molecule has 0 aromatic heterocycles. The molecular weight excluding hydrogens is 353 g/mol. The van der Waals surface area contributed by atoms with Gasteiger partial charge in [0.1, 0.15) is 5.82 Å². The van der Waals surface area contributed by atoms with Crippen molar-refractivity contribution in [2.75, 3.05) is 0 Å². The van der Waals surface area contributed by atoms with E-state index in [1.54, 1.807) is 6.07 Å². The summed E-state index contributed by atoms with van der Waals surface area (Å²) in [4.78, 5) is 12.1. The second-order valence-corrected chi connectivity index (χ2v) is 6.49. The van der Waals surface area contributed by atoms with Gasteiger partial charge in [0.2, 0.25) is 0 Å². The molecule has 2 unspecified atom stereocenters. The van der Waals surface area contributed by atoms with Crippen LogP contribution in [0.25, 0.3) is 0 Å². The van der Waals surface area contributed by atoms with Gasteiger partial charge in [0, 0.05) is 15.3 Å². The highest BCUT2D eigenvalue weighted by atomic mass is 79.9. The van der Waals surface area contributed by atoms with Crippen LogP contribution in [0.5, 0.6) is 0 Å². The zero-order chi connectivity index (χ0) is 13.0. The summed E-state index contributed by atoms with van der Waals surface area (Å²) in [7, 11) is 0. The minimum absolute atomic E-state index is 0.00439. The molecule has 1 aromatic rings. The van der Waals surface area contributed by atoms with Crippen molar-refractivity contribution < 1.29 is 9.18 Å². The topological polar surface area (TPSA) is 29.1 Å². The molecule has 0 bridgehead atoms. The number of rotatable bonds is 4. The van der Waals surface area contributed by atoms with Crippen molar-refractivity contribution in [3.63, 3.8) is 0 Å². The van der Waals surface area contributed by atoms with E-state index >= 15 is 0 Å².